The summed E-state index contributed by atoms with van der Waals surface area (Å²) in [5.74, 6) is 0.127. The summed E-state index contributed by atoms with van der Waals surface area (Å²) in [5, 5.41) is 2.85. The van der Waals surface area contributed by atoms with E-state index >= 15 is 0 Å². The summed E-state index contributed by atoms with van der Waals surface area (Å²) < 4.78 is 1.03. The Morgan fingerprint density at radius 3 is 2.53 bits per heavy atom. The second kappa shape index (κ2) is 6.77. The first-order valence-electron chi connectivity index (χ1n) is 5.82. The molecule has 0 aliphatic rings. The van der Waals surface area contributed by atoms with Crippen molar-refractivity contribution in [1.82, 2.24) is 5.32 Å². The summed E-state index contributed by atoms with van der Waals surface area (Å²) in [6, 6.07) is 7.43. The van der Waals surface area contributed by atoms with Crippen LogP contribution in [-0.2, 0) is 11.3 Å². The van der Waals surface area contributed by atoms with Crippen LogP contribution >= 0.6 is 15.9 Å². The zero-order chi connectivity index (χ0) is 12.8. The Kier molecular flexibility index (Phi) is 5.65. The SMILES string of the molecule is CC[C@H](C)[C@H](N)C(=O)NCc1ccc(Br)cc1. The van der Waals surface area contributed by atoms with E-state index in [1.165, 1.54) is 0 Å². The lowest BCUT2D eigenvalue weighted by Gasteiger charge is -2.17. The number of rotatable bonds is 5. The number of hydrogen-bond donors (Lipinski definition) is 2. The van der Waals surface area contributed by atoms with Crippen molar-refractivity contribution < 1.29 is 4.79 Å². The van der Waals surface area contributed by atoms with E-state index in [2.05, 4.69) is 21.2 Å². The van der Waals surface area contributed by atoms with Crippen LogP contribution in [-0.4, -0.2) is 11.9 Å². The molecule has 0 radical (unpaired) electrons. The van der Waals surface area contributed by atoms with Gasteiger partial charge in [0, 0.05) is 11.0 Å². The highest BCUT2D eigenvalue weighted by molar-refractivity contribution is 9.10. The minimum absolute atomic E-state index is 0.0812. The molecule has 2 atom stereocenters. The number of carbonyl (C=O) groups is 1. The predicted molar refractivity (Wildman–Crippen MR) is 73.4 cm³/mol. The van der Waals surface area contributed by atoms with Gasteiger partial charge in [-0.25, -0.2) is 0 Å². The molecule has 17 heavy (non-hydrogen) atoms. The minimum atomic E-state index is -0.421. The van der Waals surface area contributed by atoms with Gasteiger partial charge in [-0.15, -0.1) is 0 Å². The highest BCUT2D eigenvalue weighted by Gasteiger charge is 2.18. The maximum Gasteiger partial charge on any atom is 0.237 e. The van der Waals surface area contributed by atoms with E-state index in [4.69, 9.17) is 5.73 Å². The minimum Gasteiger partial charge on any atom is -0.351 e. The van der Waals surface area contributed by atoms with Gasteiger partial charge in [0.15, 0.2) is 0 Å². The fraction of sp³-hybridized carbons (Fsp3) is 0.462. The van der Waals surface area contributed by atoms with Gasteiger partial charge in [0.1, 0.15) is 0 Å². The molecule has 1 amide bonds. The first-order chi connectivity index (χ1) is 8.04. The Hall–Kier alpha value is -0.870. The van der Waals surface area contributed by atoms with Crippen LogP contribution in [0.1, 0.15) is 25.8 Å². The summed E-state index contributed by atoms with van der Waals surface area (Å²) in [6.45, 7) is 4.55. The summed E-state index contributed by atoms with van der Waals surface area (Å²) in [4.78, 5) is 11.7. The molecule has 1 aromatic rings. The zero-order valence-electron chi connectivity index (χ0n) is 10.2. The standard InChI is InChI=1S/C13H19BrN2O/c1-3-9(2)12(15)13(17)16-8-10-4-6-11(14)7-5-10/h4-7,9,12H,3,8,15H2,1-2H3,(H,16,17)/t9-,12-/m0/s1. The molecule has 0 aliphatic heterocycles. The quantitative estimate of drug-likeness (QED) is 0.877. The zero-order valence-corrected chi connectivity index (χ0v) is 11.8. The highest BCUT2D eigenvalue weighted by atomic mass is 79.9. The van der Waals surface area contributed by atoms with Gasteiger partial charge >= 0.3 is 0 Å². The molecule has 0 saturated carbocycles. The Morgan fingerprint density at radius 2 is 2.00 bits per heavy atom. The van der Waals surface area contributed by atoms with Gasteiger partial charge < -0.3 is 11.1 Å². The third kappa shape index (κ3) is 4.48. The van der Waals surface area contributed by atoms with Gasteiger partial charge in [-0.1, -0.05) is 48.3 Å². The molecule has 0 fully saturated rings. The van der Waals surface area contributed by atoms with Crippen LogP contribution in [0.3, 0.4) is 0 Å². The molecule has 0 spiro atoms. The van der Waals surface area contributed by atoms with Crippen LogP contribution in [0.25, 0.3) is 0 Å². The number of amides is 1. The summed E-state index contributed by atoms with van der Waals surface area (Å²) in [5.41, 5.74) is 6.91. The summed E-state index contributed by atoms with van der Waals surface area (Å²) in [7, 11) is 0. The molecule has 0 unspecified atom stereocenters. The van der Waals surface area contributed by atoms with Crippen LogP contribution in [0.4, 0.5) is 0 Å². The van der Waals surface area contributed by atoms with Crippen molar-refractivity contribution in [2.24, 2.45) is 11.7 Å². The van der Waals surface area contributed by atoms with Gasteiger partial charge in [0.2, 0.25) is 5.91 Å². The fourth-order valence-corrected chi connectivity index (χ4v) is 1.69. The van der Waals surface area contributed by atoms with Crippen molar-refractivity contribution in [3.63, 3.8) is 0 Å². The van der Waals surface area contributed by atoms with Crippen LogP contribution < -0.4 is 11.1 Å². The molecule has 4 heteroatoms. The van der Waals surface area contributed by atoms with Gasteiger partial charge in [-0.3, -0.25) is 4.79 Å². The van der Waals surface area contributed by atoms with E-state index in [1.54, 1.807) is 0 Å². The van der Waals surface area contributed by atoms with E-state index in [0.29, 0.717) is 6.54 Å². The molecule has 1 aromatic carbocycles. The Morgan fingerprint density at radius 1 is 1.41 bits per heavy atom. The van der Waals surface area contributed by atoms with Gasteiger partial charge in [0.05, 0.1) is 6.04 Å². The van der Waals surface area contributed by atoms with Crippen molar-refractivity contribution in [2.75, 3.05) is 0 Å². The Labute approximate surface area is 111 Å². The van der Waals surface area contributed by atoms with E-state index in [0.717, 1.165) is 16.5 Å². The molecule has 0 aromatic heterocycles. The number of hydrogen-bond acceptors (Lipinski definition) is 2. The van der Waals surface area contributed by atoms with Crippen LogP contribution in [0.15, 0.2) is 28.7 Å². The topological polar surface area (TPSA) is 55.1 Å². The predicted octanol–water partition coefficient (Wildman–Crippen LogP) is 2.44. The van der Waals surface area contributed by atoms with Crippen molar-refractivity contribution in [3.05, 3.63) is 34.3 Å². The lowest BCUT2D eigenvalue weighted by molar-refractivity contribution is -0.123. The molecular formula is C13H19BrN2O. The van der Waals surface area contributed by atoms with Crippen LogP contribution in [0, 0.1) is 5.92 Å². The fourth-order valence-electron chi connectivity index (χ4n) is 1.42. The molecule has 1 rings (SSSR count). The van der Waals surface area contributed by atoms with Crippen LogP contribution in [0.5, 0.6) is 0 Å². The second-order valence-corrected chi connectivity index (χ2v) is 5.17. The van der Waals surface area contributed by atoms with Gasteiger partial charge in [-0.2, -0.15) is 0 Å². The summed E-state index contributed by atoms with van der Waals surface area (Å²) in [6.07, 6.45) is 0.910. The van der Waals surface area contributed by atoms with Gasteiger partial charge in [-0.05, 0) is 23.6 Å². The van der Waals surface area contributed by atoms with Crippen molar-refractivity contribution >= 4 is 21.8 Å². The molecule has 0 heterocycles. The van der Waals surface area contributed by atoms with E-state index in [9.17, 15) is 4.79 Å². The number of nitrogens with one attached hydrogen (secondary N) is 1. The average molecular weight is 299 g/mol. The van der Waals surface area contributed by atoms with Crippen molar-refractivity contribution in [3.8, 4) is 0 Å². The third-order valence-electron chi connectivity index (χ3n) is 2.94. The molecule has 3 nitrogen and oxygen atoms in total. The van der Waals surface area contributed by atoms with E-state index in [1.807, 2.05) is 38.1 Å². The highest BCUT2D eigenvalue weighted by Crippen LogP contribution is 2.10. The monoisotopic (exact) mass is 298 g/mol. The number of halogens is 1. The molecule has 0 bridgehead atoms. The first-order valence-corrected chi connectivity index (χ1v) is 6.61. The molecule has 0 aliphatic carbocycles. The molecule has 0 saturated heterocycles. The second-order valence-electron chi connectivity index (χ2n) is 4.26. The number of benzene rings is 1. The maximum atomic E-state index is 11.7. The van der Waals surface area contributed by atoms with E-state index in [-0.39, 0.29) is 11.8 Å². The smallest absolute Gasteiger partial charge is 0.237 e. The largest absolute Gasteiger partial charge is 0.351 e. The molecule has 3 N–H and O–H groups in total. The van der Waals surface area contributed by atoms with Crippen molar-refractivity contribution in [1.29, 1.82) is 0 Å². The Balaban J connectivity index is 2.45. The first kappa shape index (κ1) is 14.2. The summed E-state index contributed by atoms with van der Waals surface area (Å²) >= 11 is 3.37. The van der Waals surface area contributed by atoms with Crippen molar-refractivity contribution in [2.45, 2.75) is 32.9 Å². The average Bonchev–Trinajstić information content (AvgIpc) is 2.35. The normalized spacial score (nSPS) is 14.1. The number of nitrogens with two attached hydrogens (primary N) is 1. The molecular weight excluding hydrogens is 280 g/mol. The van der Waals surface area contributed by atoms with E-state index < -0.39 is 6.04 Å². The number of carbonyl (C=O) groups excluding carboxylic acids is 1. The lowest BCUT2D eigenvalue weighted by Crippen LogP contribution is -2.44. The van der Waals surface area contributed by atoms with Gasteiger partial charge in [0.25, 0.3) is 0 Å². The maximum absolute atomic E-state index is 11.7. The Bertz CT molecular complexity index is 364. The molecule has 94 valence electrons. The van der Waals surface area contributed by atoms with Crippen LogP contribution in [0.2, 0.25) is 0 Å². The third-order valence-corrected chi connectivity index (χ3v) is 3.47. The lowest BCUT2D eigenvalue weighted by atomic mass is 9.99.